The van der Waals surface area contributed by atoms with Gasteiger partial charge in [-0.1, -0.05) is 41.6 Å². The molecule has 2 aliphatic heterocycles. The first-order valence-corrected chi connectivity index (χ1v) is 12.7. The van der Waals surface area contributed by atoms with Crippen LogP contribution in [0.5, 0.6) is 11.5 Å². The van der Waals surface area contributed by atoms with Gasteiger partial charge in [0.2, 0.25) is 0 Å². The van der Waals surface area contributed by atoms with Crippen LogP contribution in [0.25, 0.3) is 0 Å². The third-order valence-corrected chi connectivity index (χ3v) is 9.04. The molecule has 6 nitrogen and oxygen atoms in total. The van der Waals surface area contributed by atoms with Gasteiger partial charge >= 0.3 is 0 Å². The van der Waals surface area contributed by atoms with Crippen LogP contribution in [-0.4, -0.2) is 53.7 Å². The lowest BCUT2D eigenvalue weighted by molar-refractivity contribution is -0.167. The van der Waals surface area contributed by atoms with Crippen molar-refractivity contribution >= 4 is 5.71 Å². The van der Waals surface area contributed by atoms with E-state index in [0.717, 1.165) is 60.2 Å². The lowest BCUT2D eigenvalue weighted by Gasteiger charge is -2.63. The van der Waals surface area contributed by atoms with Gasteiger partial charge in [0.15, 0.2) is 17.6 Å². The van der Waals surface area contributed by atoms with Crippen molar-refractivity contribution in [1.82, 2.24) is 4.90 Å². The smallest absolute Gasteiger partial charge is 0.166 e. The van der Waals surface area contributed by atoms with Crippen LogP contribution in [0.3, 0.4) is 0 Å². The topological polar surface area (TPSA) is 63.5 Å². The summed E-state index contributed by atoms with van der Waals surface area (Å²) in [5, 5.41) is 17.2. The molecule has 0 unspecified atom stereocenters. The van der Waals surface area contributed by atoms with Gasteiger partial charge in [-0.2, -0.15) is 0 Å². The Morgan fingerprint density at radius 1 is 1.15 bits per heavy atom. The van der Waals surface area contributed by atoms with Crippen LogP contribution in [0, 0.1) is 5.92 Å². The van der Waals surface area contributed by atoms with E-state index in [1.807, 2.05) is 36.4 Å². The highest BCUT2D eigenvalue weighted by molar-refractivity contribution is 5.94. The summed E-state index contributed by atoms with van der Waals surface area (Å²) in [6, 6.07) is 14.4. The molecule has 3 fully saturated rings. The van der Waals surface area contributed by atoms with Gasteiger partial charge < -0.3 is 19.4 Å². The van der Waals surface area contributed by atoms with E-state index in [4.69, 9.17) is 14.3 Å². The molecule has 0 aromatic heterocycles. The van der Waals surface area contributed by atoms with Crippen LogP contribution < -0.4 is 9.47 Å². The molecule has 2 heterocycles. The van der Waals surface area contributed by atoms with Crippen molar-refractivity contribution < 1.29 is 19.4 Å². The maximum absolute atomic E-state index is 12.5. The zero-order valence-electron chi connectivity index (χ0n) is 19.7. The van der Waals surface area contributed by atoms with Gasteiger partial charge in [-0.05, 0) is 68.2 Å². The van der Waals surface area contributed by atoms with Gasteiger partial charge in [-0.25, -0.2) is 0 Å². The second-order valence-corrected chi connectivity index (χ2v) is 10.8. The van der Waals surface area contributed by atoms with E-state index in [9.17, 15) is 5.11 Å². The number of oxime groups is 1. The van der Waals surface area contributed by atoms with Gasteiger partial charge in [-0.3, -0.25) is 4.90 Å². The Labute approximate surface area is 200 Å². The standard InChI is InChI=1S/C28H32N2O4/c1-32-22-10-9-20-15-23-28(31)12-11-21(29-33-17-19-5-3-2-4-6-19)26-27(28,24(20)25(22)34-26)13-14-30(23)16-18-7-8-18/h2-6,9-10,18,23,26,31H,7-8,11-17H2,1H3/b29-21+/t23-,26+,27+,28-/m1/s1. The molecule has 2 bridgehead atoms. The maximum Gasteiger partial charge on any atom is 0.166 e. The Hall–Kier alpha value is -2.57. The van der Waals surface area contributed by atoms with Crippen molar-refractivity contribution in [2.45, 2.75) is 68.3 Å². The second-order valence-electron chi connectivity index (χ2n) is 10.8. The number of ether oxygens (including phenoxy) is 2. The van der Waals surface area contributed by atoms with Crippen LogP contribution in [-0.2, 0) is 23.3 Å². The molecular weight excluding hydrogens is 428 g/mol. The van der Waals surface area contributed by atoms with Crippen molar-refractivity contribution in [2.75, 3.05) is 20.2 Å². The third-order valence-electron chi connectivity index (χ3n) is 9.04. The molecule has 1 N–H and O–H groups in total. The highest BCUT2D eigenvalue weighted by Gasteiger charge is 2.72. The van der Waals surface area contributed by atoms with Crippen molar-refractivity contribution in [3.05, 3.63) is 59.2 Å². The molecule has 0 radical (unpaired) electrons. The average molecular weight is 461 g/mol. The fourth-order valence-electron chi connectivity index (χ4n) is 7.29. The van der Waals surface area contributed by atoms with E-state index in [0.29, 0.717) is 19.4 Å². The van der Waals surface area contributed by atoms with Crippen LogP contribution >= 0.6 is 0 Å². The van der Waals surface area contributed by atoms with E-state index >= 15 is 0 Å². The van der Waals surface area contributed by atoms with Gasteiger partial charge in [0.05, 0.1) is 23.8 Å². The molecule has 6 heteroatoms. The number of likely N-dealkylation sites (tertiary alicyclic amines) is 1. The summed E-state index contributed by atoms with van der Waals surface area (Å²) in [4.78, 5) is 8.42. The lowest BCUT2D eigenvalue weighted by atomic mass is 9.49. The molecule has 0 amide bonds. The molecule has 1 saturated heterocycles. The number of hydrogen-bond acceptors (Lipinski definition) is 6. The summed E-state index contributed by atoms with van der Waals surface area (Å²) < 4.78 is 12.4. The van der Waals surface area contributed by atoms with Crippen LogP contribution in [0.15, 0.2) is 47.6 Å². The molecule has 1 spiro atoms. The molecule has 3 aliphatic carbocycles. The number of benzene rings is 2. The monoisotopic (exact) mass is 460 g/mol. The summed E-state index contributed by atoms with van der Waals surface area (Å²) >= 11 is 0. The highest BCUT2D eigenvalue weighted by Crippen LogP contribution is 2.65. The Bertz CT molecular complexity index is 1150. The lowest BCUT2D eigenvalue weighted by Crippen LogP contribution is -2.76. The minimum Gasteiger partial charge on any atom is -0.493 e. The SMILES string of the molecule is COc1ccc2c3c1O[C@H]1/C(=N/OCc4ccccc4)CC[C@@]4(O)[C@@H](C2)N(CC2CC2)CC[C@]314. The van der Waals surface area contributed by atoms with E-state index in [1.54, 1.807) is 7.11 Å². The summed E-state index contributed by atoms with van der Waals surface area (Å²) in [5.74, 6) is 2.34. The Kier molecular flexibility index (Phi) is 4.56. The van der Waals surface area contributed by atoms with Gasteiger partial charge in [-0.15, -0.1) is 0 Å². The van der Waals surface area contributed by atoms with Crippen LogP contribution in [0.4, 0.5) is 0 Å². The maximum atomic E-state index is 12.5. The number of methoxy groups -OCH3 is 1. The Morgan fingerprint density at radius 3 is 2.79 bits per heavy atom. The minimum atomic E-state index is -0.839. The van der Waals surface area contributed by atoms with E-state index < -0.39 is 11.0 Å². The Morgan fingerprint density at radius 2 is 2.00 bits per heavy atom. The normalized spacial score (nSPS) is 34.5. The largest absolute Gasteiger partial charge is 0.493 e. The van der Waals surface area contributed by atoms with Crippen LogP contribution in [0.1, 0.15) is 48.8 Å². The molecule has 7 rings (SSSR count). The fraction of sp³-hybridized carbons (Fsp3) is 0.536. The van der Waals surface area contributed by atoms with Crippen molar-refractivity contribution in [3.63, 3.8) is 0 Å². The minimum absolute atomic E-state index is 0.117. The van der Waals surface area contributed by atoms with Crippen molar-refractivity contribution in [2.24, 2.45) is 11.1 Å². The predicted octanol–water partition coefficient (Wildman–Crippen LogP) is 3.83. The summed E-state index contributed by atoms with van der Waals surface area (Å²) in [6.45, 7) is 2.51. The van der Waals surface area contributed by atoms with Crippen molar-refractivity contribution in [1.29, 1.82) is 0 Å². The fourth-order valence-corrected chi connectivity index (χ4v) is 7.29. The molecule has 5 aliphatic rings. The number of hydrogen-bond donors (Lipinski definition) is 1. The first kappa shape index (κ1) is 20.8. The second kappa shape index (κ2) is 7.46. The number of rotatable bonds is 6. The third kappa shape index (κ3) is 2.78. The molecule has 4 atom stereocenters. The molecule has 2 aromatic rings. The molecule has 2 aromatic carbocycles. The summed E-state index contributed by atoms with van der Waals surface area (Å²) in [5.41, 5.74) is 3.11. The number of piperidine rings is 1. The zero-order chi connectivity index (χ0) is 22.9. The van der Waals surface area contributed by atoms with Gasteiger partial charge in [0, 0.05) is 18.2 Å². The molecular formula is C28H32N2O4. The first-order chi connectivity index (χ1) is 16.6. The van der Waals surface area contributed by atoms with E-state index in [-0.39, 0.29) is 12.1 Å². The van der Waals surface area contributed by atoms with E-state index in [1.165, 1.54) is 18.4 Å². The summed E-state index contributed by atoms with van der Waals surface area (Å²) in [6.07, 6.45) is 5.42. The highest BCUT2D eigenvalue weighted by atomic mass is 16.6. The van der Waals surface area contributed by atoms with Gasteiger partial charge in [0.25, 0.3) is 0 Å². The predicted molar refractivity (Wildman–Crippen MR) is 128 cm³/mol. The van der Waals surface area contributed by atoms with E-state index in [2.05, 4.69) is 16.1 Å². The molecule has 34 heavy (non-hydrogen) atoms. The quantitative estimate of drug-likeness (QED) is 0.664. The number of aliphatic hydroxyl groups is 1. The Balaban J connectivity index is 1.29. The molecule has 2 saturated carbocycles. The zero-order valence-corrected chi connectivity index (χ0v) is 19.7. The van der Waals surface area contributed by atoms with Gasteiger partial charge in [0.1, 0.15) is 6.61 Å². The number of nitrogens with zero attached hydrogens (tertiary/aromatic N) is 2. The molecule has 178 valence electrons. The summed E-state index contributed by atoms with van der Waals surface area (Å²) in [7, 11) is 1.69. The first-order valence-electron chi connectivity index (χ1n) is 12.7. The van der Waals surface area contributed by atoms with Crippen molar-refractivity contribution in [3.8, 4) is 11.5 Å². The van der Waals surface area contributed by atoms with Crippen LogP contribution in [0.2, 0.25) is 0 Å². The average Bonchev–Trinajstić information content (AvgIpc) is 3.60.